The Bertz CT molecular complexity index is 355. The number of carboxylic acid groups (broad SMARTS) is 1. The molecule has 2 saturated carbocycles. The monoisotopic (exact) mass is 270 g/mol. The van der Waals surface area contributed by atoms with Gasteiger partial charge >= 0.3 is 13.1 Å². The van der Waals surface area contributed by atoms with E-state index in [2.05, 4.69) is 0 Å². The first-order valence-corrected chi connectivity index (χ1v) is 6.98. The van der Waals surface area contributed by atoms with Gasteiger partial charge in [0.15, 0.2) is 0 Å². The number of aliphatic carboxylic acids is 1. The SMILES string of the molecule is NC1C[C@@H]2CC(N)(C(=O)O)C(CCCB(O)O)[C@@H]2C1. The summed E-state index contributed by atoms with van der Waals surface area (Å²) in [5, 5.41) is 27.2. The normalized spacial score (nSPS) is 41.3. The van der Waals surface area contributed by atoms with Crippen LogP contribution in [0.4, 0.5) is 0 Å². The first kappa shape index (κ1) is 14.8. The number of carbonyl (C=O) groups is 1. The van der Waals surface area contributed by atoms with Crippen LogP contribution < -0.4 is 11.5 Å². The van der Waals surface area contributed by atoms with E-state index in [1.165, 1.54) is 0 Å². The molecule has 108 valence electrons. The molecule has 0 heterocycles. The lowest BCUT2D eigenvalue weighted by Gasteiger charge is -2.30. The highest BCUT2D eigenvalue weighted by Gasteiger charge is 2.57. The van der Waals surface area contributed by atoms with Crippen molar-refractivity contribution in [1.82, 2.24) is 0 Å². The summed E-state index contributed by atoms with van der Waals surface area (Å²) in [6, 6.07) is 0.152. The van der Waals surface area contributed by atoms with Gasteiger partial charge in [0, 0.05) is 6.04 Å². The predicted molar refractivity (Wildman–Crippen MR) is 71.1 cm³/mol. The number of carboxylic acids is 1. The maximum absolute atomic E-state index is 11.5. The Kier molecular flexibility index (Phi) is 4.20. The summed E-state index contributed by atoms with van der Waals surface area (Å²) in [6.07, 6.45) is 3.64. The largest absolute Gasteiger partial charge is 0.480 e. The van der Waals surface area contributed by atoms with Crippen LogP contribution in [0.15, 0.2) is 0 Å². The summed E-state index contributed by atoms with van der Waals surface area (Å²) in [5.41, 5.74) is 10.9. The van der Waals surface area contributed by atoms with E-state index in [1.807, 2.05) is 0 Å². The van der Waals surface area contributed by atoms with Crippen molar-refractivity contribution in [3.05, 3.63) is 0 Å². The molecule has 2 fully saturated rings. The molecule has 7 N–H and O–H groups in total. The fourth-order valence-corrected chi connectivity index (χ4v) is 4.13. The number of rotatable bonds is 5. The Labute approximate surface area is 113 Å². The molecule has 0 aromatic carbocycles. The third-order valence-electron chi connectivity index (χ3n) is 4.94. The molecular weight excluding hydrogens is 247 g/mol. The summed E-state index contributed by atoms with van der Waals surface area (Å²) in [4.78, 5) is 11.5. The molecule has 0 aromatic rings. The molecule has 0 bridgehead atoms. The molecule has 0 aromatic heterocycles. The van der Waals surface area contributed by atoms with Crippen molar-refractivity contribution in [2.24, 2.45) is 29.2 Å². The van der Waals surface area contributed by atoms with Crippen molar-refractivity contribution in [2.75, 3.05) is 0 Å². The molecule has 0 saturated heterocycles. The number of hydrogen-bond acceptors (Lipinski definition) is 5. The molecule has 19 heavy (non-hydrogen) atoms. The summed E-state index contributed by atoms with van der Waals surface area (Å²) < 4.78 is 0. The van der Waals surface area contributed by atoms with E-state index >= 15 is 0 Å². The fraction of sp³-hybridized carbons (Fsp3) is 0.917. The minimum atomic E-state index is -1.33. The van der Waals surface area contributed by atoms with E-state index in [4.69, 9.17) is 21.5 Å². The van der Waals surface area contributed by atoms with Gasteiger partial charge in [0.05, 0.1) is 0 Å². The first-order valence-electron chi connectivity index (χ1n) is 6.98. The highest BCUT2D eigenvalue weighted by molar-refractivity contribution is 6.40. The third-order valence-corrected chi connectivity index (χ3v) is 4.94. The van der Waals surface area contributed by atoms with Crippen LogP contribution in [0.2, 0.25) is 6.32 Å². The van der Waals surface area contributed by atoms with Crippen LogP contribution >= 0.6 is 0 Å². The molecule has 0 amide bonds. The molecule has 3 unspecified atom stereocenters. The summed E-state index contributed by atoms with van der Waals surface area (Å²) in [7, 11) is -1.33. The van der Waals surface area contributed by atoms with Crippen molar-refractivity contribution in [3.8, 4) is 0 Å². The molecule has 2 aliphatic carbocycles. The molecule has 7 heteroatoms. The van der Waals surface area contributed by atoms with Crippen LogP contribution in [0, 0.1) is 17.8 Å². The Balaban J connectivity index is 2.07. The molecule has 5 atom stereocenters. The lowest BCUT2D eigenvalue weighted by atomic mass is 9.75. The zero-order chi connectivity index (χ0) is 14.2. The molecule has 2 aliphatic rings. The Hall–Kier alpha value is -0.625. The van der Waals surface area contributed by atoms with E-state index in [9.17, 15) is 9.90 Å². The van der Waals surface area contributed by atoms with Crippen LogP contribution in [0.3, 0.4) is 0 Å². The first-order chi connectivity index (χ1) is 8.84. The van der Waals surface area contributed by atoms with Crippen LogP contribution in [0.5, 0.6) is 0 Å². The van der Waals surface area contributed by atoms with Crippen LogP contribution in [0.25, 0.3) is 0 Å². The van der Waals surface area contributed by atoms with Gasteiger partial charge in [-0.25, -0.2) is 0 Å². The topological polar surface area (TPSA) is 130 Å². The summed E-state index contributed by atoms with van der Waals surface area (Å²) >= 11 is 0. The Morgan fingerprint density at radius 1 is 1.37 bits per heavy atom. The van der Waals surface area contributed by atoms with Crippen LogP contribution in [0.1, 0.15) is 32.1 Å². The van der Waals surface area contributed by atoms with Crippen molar-refractivity contribution < 1.29 is 19.9 Å². The fourth-order valence-electron chi connectivity index (χ4n) is 4.13. The van der Waals surface area contributed by atoms with Gasteiger partial charge in [0.1, 0.15) is 5.54 Å². The standard InChI is InChI=1S/C12H23BN2O4/c14-8-4-7-6-12(15,11(16)17)10(9(7)5-8)2-1-3-13(18)19/h7-10,18-19H,1-6,14-15H2,(H,16,17)/t7-,8?,9-,10?,12?/m1/s1. The molecule has 0 radical (unpaired) electrons. The van der Waals surface area contributed by atoms with Crippen LogP contribution in [-0.2, 0) is 4.79 Å². The van der Waals surface area contributed by atoms with E-state index in [0.717, 1.165) is 12.8 Å². The van der Waals surface area contributed by atoms with Gasteiger partial charge < -0.3 is 26.6 Å². The van der Waals surface area contributed by atoms with E-state index in [-0.39, 0.29) is 24.2 Å². The van der Waals surface area contributed by atoms with E-state index in [0.29, 0.717) is 25.2 Å². The maximum Gasteiger partial charge on any atom is 0.451 e. The van der Waals surface area contributed by atoms with Gasteiger partial charge in [-0.2, -0.15) is 0 Å². The second-order valence-electron chi connectivity index (χ2n) is 6.22. The van der Waals surface area contributed by atoms with Gasteiger partial charge in [0.2, 0.25) is 0 Å². The van der Waals surface area contributed by atoms with Crippen LogP contribution in [-0.4, -0.2) is 39.8 Å². The van der Waals surface area contributed by atoms with Gasteiger partial charge in [-0.3, -0.25) is 4.79 Å². The number of fused-ring (bicyclic) bond motifs is 1. The van der Waals surface area contributed by atoms with Gasteiger partial charge in [-0.05, 0) is 49.8 Å². The zero-order valence-electron chi connectivity index (χ0n) is 11.0. The average Bonchev–Trinajstić information content (AvgIpc) is 2.74. The highest BCUT2D eigenvalue weighted by atomic mass is 16.4. The van der Waals surface area contributed by atoms with Crippen molar-refractivity contribution in [2.45, 2.75) is 50.0 Å². The van der Waals surface area contributed by atoms with E-state index in [1.54, 1.807) is 0 Å². The maximum atomic E-state index is 11.5. The lowest BCUT2D eigenvalue weighted by Crippen LogP contribution is -2.52. The van der Waals surface area contributed by atoms with Gasteiger partial charge in [-0.15, -0.1) is 0 Å². The molecule has 2 rings (SSSR count). The highest BCUT2D eigenvalue weighted by Crippen LogP contribution is 2.53. The molecule has 0 spiro atoms. The number of hydrogen-bond donors (Lipinski definition) is 5. The average molecular weight is 270 g/mol. The number of nitrogens with two attached hydrogens (primary N) is 2. The van der Waals surface area contributed by atoms with Crippen molar-refractivity contribution in [3.63, 3.8) is 0 Å². The van der Waals surface area contributed by atoms with Crippen molar-refractivity contribution >= 4 is 13.1 Å². The van der Waals surface area contributed by atoms with E-state index < -0.39 is 18.6 Å². The van der Waals surface area contributed by atoms with Gasteiger partial charge in [0.25, 0.3) is 0 Å². The second kappa shape index (κ2) is 5.40. The Morgan fingerprint density at radius 2 is 2.05 bits per heavy atom. The molecule has 0 aliphatic heterocycles. The Morgan fingerprint density at radius 3 is 2.63 bits per heavy atom. The van der Waals surface area contributed by atoms with Crippen molar-refractivity contribution in [1.29, 1.82) is 0 Å². The minimum Gasteiger partial charge on any atom is -0.480 e. The minimum absolute atomic E-state index is 0.109. The zero-order valence-corrected chi connectivity index (χ0v) is 11.0. The smallest absolute Gasteiger partial charge is 0.451 e. The molecular formula is C12H23BN2O4. The molecule has 6 nitrogen and oxygen atoms in total. The predicted octanol–water partition coefficient (Wildman–Crippen LogP) is -0.605. The second-order valence-corrected chi connectivity index (χ2v) is 6.22. The summed E-state index contributed by atoms with van der Waals surface area (Å²) in [6.45, 7) is 0. The quantitative estimate of drug-likeness (QED) is 0.424. The third kappa shape index (κ3) is 2.79. The van der Waals surface area contributed by atoms with Gasteiger partial charge in [-0.1, -0.05) is 6.42 Å². The lowest BCUT2D eigenvalue weighted by molar-refractivity contribution is -0.145. The summed E-state index contributed by atoms with van der Waals surface area (Å²) in [5.74, 6) is -0.473.